The van der Waals surface area contributed by atoms with E-state index in [0.29, 0.717) is 27.3 Å². The van der Waals surface area contributed by atoms with Gasteiger partial charge in [0.15, 0.2) is 0 Å². The van der Waals surface area contributed by atoms with Crippen LogP contribution >= 0.6 is 0 Å². The molecule has 4 aromatic rings. The summed E-state index contributed by atoms with van der Waals surface area (Å²) in [6.07, 6.45) is 4.53. The van der Waals surface area contributed by atoms with E-state index in [0.717, 1.165) is 0 Å². The largest absolute Gasteiger partial charge is 0.416 e. The number of hydrogen-bond donors (Lipinski definition) is 1. The summed E-state index contributed by atoms with van der Waals surface area (Å²) < 4.78 is 10.4. The van der Waals surface area contributed by atoms with Gasteiger partial charge in [-0.05, 0) is 34.7 Å². The van der Waals surface area contributed by atoms with Crippen LogP contribution < -0.4 is 15.1 Å². The van der Waals surface area contributed by atoms with Crippen molar-refractivity contribution in [3.05, 3.63) is 95.5 Å². The Morgan fingerprint density at radius 1 is 1.10 bits per heavy atom. The molecule has 9 nitrogen and oxygen atoms in total. The summed E-state index contributed by atoms with van der Waals surface area (Å²) in [5, 5.41) is 19.6. The monoisotopic (exact) mass is 401 g/mol. The Kier molecular flexibility index (Phi) is 5.43. The highest BCUT2D eigenvalue weighted by atomic mass is 16.8. The second-order valence-electron chi connectivity index (χ2n) is 6.06. The third-order valence-electron chi connectivity index (χ3n) is 4.03. The lowest BCUT2D eigenvalue weighted by atomic mass is 10.1. The first-order valence-corrected chi connectivity index (χ1v) is 8.87. The molecule has 0 unspecified atom stereocenters. The summed E-state index contributed by atoms with van der Waals surface area (Å²) in [7, 11) is 0. The predicted octanol–water partition coefficient (Wildman–Crippen LogP) is 2.93. The Morgan fingerprint density at radius 2 is 1.90 bits per heavy atom. The smallest absolute Gasteiger partial charge is 0.408 e. The number of carbonyl (C=O) groups is 1. The number of benzene rings is 2. The second kappa shape index (κ2) is 8.65. The number of carbonyl (C=O) groups excluding carboxylic acids is 1. The molecule has 0 aliphatic heterocycles. The highest BCUT2D eigenvalue weighted by molar-refractivity contribution is 5.94. The molecule has 2 heterocycles. The van der Waals surface area contributed by atoms with Crippen LogP contribution in [0.15, 0.2) is 88.9 Å². The van der Waals surface area contributed by atoms with E-state index in [1.807, 2.05) is 6.07 Å². The third kappa shape index (κ3) is 4.30. The maximum absolute atomic E-state index is 12.0. The first kappa shape index (κ1) is 18.8. The van der Waals surface area contributed by atoms with Crippen LogP contribution in [-0.4, -0.2) is 22.3 Å². The topological polar surface area (TPSA) is 117 Å². The lowest BCUT2D eigenvalue weighted by molar-refractivity contribution is -0.793. The van der Waals surface area contributed by atoms with Crippen molar-refractivity contribution in [1.29, 1.82) is 0 Å². The number of hydrazone groups is 1. The molecule has 0 fully saturated rings. The molecule has 0 radical (unpaired) electrons. The van der Waals surface area contributed by atoms with E-state index in [1.54, 1.807) is 60.7 Å². The number of hydrogen-bond acceptors (Lipinski definition) is 7. The van der Waals surface area contributed by atoms with Gasteiger partial charge in [0.25, 0.3) is 11.6 Å². The molecule has 2 aromatic carbocycles. The third-order valence-corrected chi connectivity index (χ3v) is 4.03. The quantitative estimate of drug-likeness (QED) is 0.302. The maximum atomic E-state index is 12.0. The van der Waals surface area contributed by atoms with Gasteiger partial charge in [-0.3, -0.25) is 14.4 Å². The first-order valence-electron chi connectivity index (χ1n) is 8.87. The lowest BCUT2D eigenvalue weighted by Gasteiger charge is -2.03. The summed E-state index contributed by atoms with van der Waals surface area (Å²) in [5.74, 6) is 0.109. The van der Waals surface area contributed by atoms with Gasteiger partial charge in [-0.25, -0.2) is 5.43 Å². The summed E-state index contributed by atoms with van der Waals surface area (Å²) in [4.78, 5) is 16.1. The van der Waals surface area contributed by atoms with E-state index in [2.05, 4.69) is 20.7 Å². The predicted molar refractivity (Wildman–Crippen MR) is 107 cm³/mol. The van der Waals surface area contributed by atoms with Gasteiger partial charge < -0.3 is 9.94 Å². The Balaban J connectivity index is 1.48. The average molecular weight is 401 g/mol. The molecule has 0 saturated heterocycles. The van der Waals surface area contributed by atoms with Crippen molar-refractivity contribution in [2.24, 2.45) is 5.10 Å². The summed E-state index contributed by atoms with van der Waals surface area (Å²) in [5.41, 5.74) is 4.34. The Hall–Kier alpha value is -4.53. The fourth-order valence-corrected chi connectivity index (χ4v) is 2.63. The Morgan fingerprint density at radius 3 is 2.70 bits per heavy atom. The molecular weight excluding hydrogens is 386 g/mol. The number of nitrogens with one attached hydrogen (secondary N) is 1. The van der Waals surface area contributed by atoms with Crippen LogP contribution in [0.5, 0.6) is 11.6 Å². The number of ether oxygens (including phenoxy) is 1. The molecule has 148 valence electrons. The van der Waals surface area contributed by atoms with Crippen molar-refractivity contribution in [2.75, 3.05) is 0 Å². The highest BCUT2D eigenvalue weighted by Crippen LogP contribution is 2.29. The number of rotatable bonds is 6. The van der Waals surface area contributed by atoms with E-state index in [4.69, 9.17) is 9.37 Å². The van der Waals surface area contributed by atoms with Gasteiger partial charge in [-0.1, -0.05) is 42.5 Å². The number of aromatic nitrogens is 3. The van der Waals surface area contributed by atoms with Crippen molar-refractivity contribution in [3.63, 3.8) is 0 Å². The molecule has 0 atom stereocenters. The molecule has 9 heteroatoms. The molecule has 0 bridgehead atoms. The molecule has 0 saturated carbocycles. The zero-order valence-electron chi connectivity index (χ0n) is 15.5. The van der Waals surface area contributed by atoms with Crippen molar-refractivity contribution < 1.29 is 19.1 Å². The summed E-state index contributed by atoms with van der Waals surface area (Å²) in [6, 6.07) is 19.0. The van der Waals surface area contributed by atoms with Gasteiger partial charge in [-0.2, -0.15) is 5.10 Å². The van der Waals surface area contributed by atoms with Gasteiger partial charge in [0.1, 0.15) is 5.75 Å². The minimum Gasteiger partial charge on any atom is -0.416 e. The second-order valence-corrected chi connectivity index (χ2v) is 6.06. The van der Waals surface area contributed by atoms with E-state index in [9.17, 15) is 10.0 Å². The molecule has 1 amide bonds. The zero-order chi connectivity index (χ0) is 20.8. The molecule has 2 aromatic heterocycles. The van der Waals surface area contributed by atoms with E-state index < -0.39 is 0 Å². The molecule has 1 N–H and O–H groups in total. The molecule has 0 spiro atoms. The van der Waals surface area contributed by atoms with Crippen molar-refractivity contribution >= 4 is 12.1 Å². The lowest BCUT2D eigenvalue weighted by Crippen LogP contribution is -2.25. The zero-order valence-corrected chi connectivity index (χ0v) is 15.5. The first-order chi connectivity index (χ1) is 14.7. The van der Waals surface area contributed by atoms with Crippen LogP contribution in [-0.2, 0) is 0 Å². The number of amides is 1. The van der Waals surface area contributed by atoms with Gasteiger partial charge in [-0.15, -0.1) is 0 Å². The van der Waals surface area contributed by atoms with Gasteiger partial charge in [0, 0.05) is 23.5 Å². The van der Waals surface area contributed by atoms with Gasteiger partial charge in [0.2, 0.25) is 0 Å². The average Bonchev–Trinajstić information content (AvgIpc) is 3.15. The Bertz CT molecular complexity index is 1180. The van der Waals surface area contributed by atoms with Crippen molar-refractivity contribution in [1.82, 2.24) is 15.6 Å². The fourth-order valence-electron chi connectivity index (χ4n) is 2.63. The van der Waals surface area contributed by atoms with Crippen LogP contribution in [0.25, 0.3) is 11.3 Å². The molecule has 4 rings (SSSR count). The Labute approximate surface area is 170 Å². The normalized spacial score (nSPS) is 10.8. The van der Waals surface area contributed by atoms with E-state index in [-0.39, 0.29) is 17.5 Å². The number of pyridine rings is 1. The molecule has 0 aliphatic rings. The SMILES string of the molecule is O=C(N/N=C/c1cccc(Oc2no[n+]([O-])c2-c2ccccc2)c1)c1ccncc1. The van der Waals surface area contributed by atoms with Crippen molar-refractivity contribution in [2.45, 2.75) is 0 Å². The van der Waals surface area contributed by atoms with Crippen LogP contribution in [0.2, 0.25) is 0 Å². The minimum atomic E-state index is -0.351. The van der Waals surface area contributed by atoms with Crippen LogP contribution in [0, 0.1) is 5.21 Å². The summed E-state index contributed by atoms with van der Waals surface area (Å²) in [6.45, 7) is 0. The van der Waals surface area contributed by atoms with Crippen LogP contribution in [0.4, 0.5) is 0 Å². The standard InChI is InChI=1S/C21H15N5O4/c27-20(17-9-11-22-12-10-17)24-23-14-15-5-4-8-18(13-15)29-21-19(26(28)30-25-21)16-6-2-1-3-7-16/h1-14H,(H,24,27)/b23-14+. The molecule has 0 aliphatic carbocycles. The minimum absolute atomic E-state index is 0.0382. The molecular formula is C21H15N5O4. The summed E-state index contributed by atoms with van der Waals surface area (Å²) >= 11 is 0. The van der Waals surface area contributed by atoms with E-state index in [1.165, 1.54) is 18.6 Å². The van der Waals surface area contributed by atoms with Crippen LogP contribution in [0.3, 0.4) is 0 Å². The maximum Gasteiger partial charge on any atom is 0.408 e. The highest BCUT2D eigenvalue weighted by Gasteiger charge is 2.23. The van der Waals surface area contributed by atoms with Gasteiger partial charge >= 0.3 is 5.88 Å². The van der Waals surface area contributed by atoms with E-state index >= 15 is 0 Å². The van der Waals surface area contributed by atoms with Crippen molar-refractivity contribution in [3.8, 4) is 22.9 Å². The van der Waals surface area contributed by atoms with Gasteiger partial charge in [0.05, 0.1) is 11.4 Å². The molecule has 30 heavy (non-hydrogen) atoms. The fraction of sp³-hybridized carbons (Fsp3) is 0. The number of nitrogens with zero attached hydrogens (tertiary/aromatic N) is 4. The van der Waals surface area contributed by atoms with Crippen LogP contribution in [0.1, 0.15) is 15.9 Å².